The number of anilines is 1. The number of hydrogen-bond donors (Lipinski definition) is 1. The number of halogens is 3. The van der Waals surface area contributed by atoms with Gasteiger partial charge in [0.2, 0.25) is 11.8 Å². The van der Waals surface area contributed by atoms with Crippen molar-refractivity contribution < 1.29 is 14.3 Å². The van der Waals surface area contributed by atoms with Crippen molar-refractivity contribution in [2.24, 2.45) is 11.8 Å². The van der Waals surface area contributed by atoms with E-state index < -0.39 is 0 Å². The molecule has 12 heteroatoms. The van der Waals surface area contributed by atoms with Crippen LogP contribution in [0.1, 0.15) is 36.9 Å². The Balaban J connectivity index is 0.00000323. The number of nitrogens with zero attached hydrogens (tertiary/aromatic N) is 5. The fourth-order valence-electron chi connectivity index (χ4n) is 5.74. The third-order valence-electron chi connectivity index (χ3n) is 8.47. The largest absolute Gasteiger partial charge is 0.493 e. The maximum Gasteiger partial charge on any atom is 0.236 e. The lowest BCUT2D eigenvalue weighted by atomic mass is 9.80. The summed E-state index contributed by atoms with van der Waals surface area (Å²) in [5, 5.41) is 3.37. The number of benzene rings is 1. The zero-order valence-corrected chi connectivity index (χ0v) is 29.0. The average Bonchev–Trinajstić information content (AvgIpc) is 2.98. The molecule has 44 heavy (non-hydrogen) atoms. The molecule has 2 atom stereocenters. The number of pyridine rings is 1. The van der Waals surface area contributed by atoms with Crippen LogP contribution in [0, 0.1) is 11.8 Å². The van der Waals surface area contributed by atoms with Crippen molar-refractivity contribution in [3.05, 3.63) is 53.9 Å². The Labute approximate surface area is 282 Å². The lowest BCUT2D eigenvalue weighted by molar-refractivity contribution is -0.135. The summed E-state index contributed by atoms with van der Waals surface area (Å²) in [5.74, 6) is 1.80. The number of hydrogen-bond acceptors (Lipinski definition) is 7. The second kappa shape index (κ2) is 20.0. The number of rotatable bonds is 9. The summed E-state index contributed by atoms with van der Waals surface area (Å²) in [4.78, 5) is 38.8. The molecule has 2 bridgehead atoms. The maximum absolute atomic E-state index is 13.2. The van der Waals surface area contributed by atoms with Crippen LogP contribution in [0.2, 0.25) is 0 Å². The molecule has 1 N–H and O–H groups in total. The fourth-order valence-corrected chi connectivity index (χ4v) is 5.74. The third-order valence-corrected chi connectivity index (χ3v) is 8.47. The zero-order valence-electron chi connectivity index (χ0n) is 26.6. The summed E-state index contributed by atoms with van der Waals surface area (Å²) in [6.07, 6.45) is 5.97. The summed E-state index contributed by atoms with van der Waals surface area (Å²) in [7, 11) is 8.04. The minimum absolute atomic E-state index is 0. The minimum Gasteiger partial charge on any atom is -0.493 e. The summed E-state index contributed by atoms with van der Waals surface area (Å²) < 4.78 is 6.29. The molecular formula is C32H51Cl3N6O3. The van der Waals surface area contributed by atoms with Crippen LogP contribution in [-0.4, -0.2) is 106 Å². The smallest absolute Gasteiger partial charge is 0.236 e. The first-order valence-corrected chi connectivity index (χ1v) is 15.0. The molecule has 0 aliphatic carbocycles. The second-order valence-corrected chi connectivity index (χ2v) is 11.9. The highest BCUT2D eigenvalue weighted by Gasteiger charge is 2.33. The predicted molar refractivity (Wildman–Crippen MR) is 185 cm³/mol. The van der Waals surface area contributed by atoms with Crippen LogP contribution >= 0.6 is 37.2 Å². The minimum atomic E-state index is 0. The molecule has 2 aliphatic rings. The third kappa shape index (κ3) is 11.9. The highest BCUT2D eigenvalue weighted by molar-refractivity contribution is 5.86. The van der Waals surface area contributed by atoms with Crippen LogP contribution in [0.5, 0.6) is 5.75 Å². The predicted octanol–water partition coefficient (Wildman–Crippen LogP) is 4.16. The number of piperidine rings is 1. The molecule has 4 rings (SSSR count). The Bertz CT molecular complexity index is 1140. The van der Waals surface area contributed by atoms with Crippen molar-refractivity contribution >= 4 is 54.7 Å². The number of ether oxygens (including phenoxy) is 1. The van der Waals surface area contributed by atoms with E-state index in [9.17, 15) is 9.59 Å². The number of aromatic nitrogens is 1. The van der Waals surface area contributed by atoms with Gasteiger partial charge in [-0.15, -0.1) is 37.2 Å². The van der Waals surface area contributed by atoms with Crippen LogP contribution in [0.25, 0.3) is 0 Å². The molecule has 1 fully saturated rings. The first-order chi connectivity index (χ1) is 19.8. The first-order valence-electron chi connectivity index (χ1n) is 15.0. The summed E-state index contributed by atoms with van der Waals surface area (Å²) in [6.45, 7) is 5.36. The van der Waals surface area contributed by atoms with Crippen LogP contribution in [-0.2, 0) is 22.6 Å². The Morgan fingerprint density at radius 2 is 1.82 bits per heavy atom. The number of likely N-dealkylation sites (N-methyl/N-ethyl adjacent to an activating group) is 3. The Hall–Kier alpha value is -2.30. The SMILES string of the molecule is CN(C)CCN(C)C(=O)C[C@@H]1CCN2C[C@@H]1CCCOc1ccc(N(C)CCc3ccccn3)cc1CNCC2=O.Cl.Cl.Cl. The number of fused-ring (bicyclic) bond motifs is 3. The summed E-state index contributed by atoms with van der Waals surface area (Å²) in [6, 6.07) is 12.3. The van der Waals surface area contributed by atoms with Crippen molar-refractivity contribution in [2.75, 3.05) is 79.0 Å². The van der Waals surface area contributed by atoms with Gasteiger partial charge in [-0.25, -0.2) is 0 Å². The van der Waals surface area contributed by atoms with Gasteiger partial charge in [-0.2, -0.15) is 0 Å². The quantitative estimate of drug-likeness (QED) is 0.428. The Morgan fingerprint density at radius 3 is 2.55 bits per heavy atom. The number of nitrogens with one attached hydrogen (secondary N) is 1. The molecule has 2 aromatic rings. The van der Waals surface area contributed by atoms with Gasteiger partial charge in [-0.05, 0) is 75.5 Å². The van der Waals surface area contributed by atoms with E-state index in [4.69, 9.17) is 4.74 Å². The highest BCUT2D eigenvalue weighted by Crippen LogP contribution is 2.32. The van der Waals surface area contributed by atoms with Gasteiger partial charge in [0, 0.05) is 89.3 Å². The van der Waals surface area contributed by atoms with E-state index in [1.807, 2.05) is 49.3 Å². The molecule has 1 saturated heterocycles. The van der Waals surface area contributed by atoms with Crippen LogP contribution in [0.15, 0.2) is 42.6 Å². The Morgan fingerprint density at radius 1 is 1.02 bits per heavy atom. The van der Waals surface area contributed by atoms with Gasteiger partial charge < -0.3 is 29.7 Å². The molecule has 1 aromatic heterocycles. The van der Waals surface area contributed by atoms with Gasteiger partial charge in [-0.3, -0.25) is 14.6 Å². The van der Waals surface area contributed by atoms with Crippen molar-refractivity contribution in [2.45, 2.75) is 38.6 Å². The van der Waals surface area contributed by atoms with Crippen molar-refractivity contribution in [3.8, 4) is 5.75 Å². The summed E-state index contributed by atoms with van der Waals surface area (Å²) >= 11 is 0. The molecule has 3 heterocycles. The lowest BCUT2D eigenvalue weighted by Crippen LogP contribution is -2.47. The molecule has 0 spiro atoms. The van der Waals surface area contributed by atoms with Crippen LogP contribution in [0.4, 0.5) is 5.69 Å². The van der Waals surface area contributed by atoms with E-state index in [-0.39, 0.29) is 49.0 Å². The monoisotopic (exact) mass is 672 g/mol. The highest BCUT2D eigenvalue weighted by atomic mass is 35.5. The molecule has 0 radical (unpaired) electrons. The van der Waals surface area contributed by atoms with Gasteiger partial charge in [0.15, 0.2) is 0 Å². The Kier molecular flexibility index (Phi) is 18.0. The zero-order chi connectivity index (χ0) is 29.2. The standard InChI is InChI=1S/C32H48N6O3.3ClH/c1-35(2)17-18-37(4)31(39)21-25-12-16-38-24-26(25)8-7-19-41-30-11-10-29(20-27(30)22-33-23-32(38)40)36(3)15-13-28-9-5-6-14-34-28;;;/h5-6,9-11,14,20,25-26,33H,7-8,12-13,15-19,21-24H2,1-4H3;3*1H/t25-,26-;;;/m0.../s1. The van der Waals surface area contributed by atoms with E-state index in [0.29, 0.717) is 44.5 Å². The molecule has 0 unspecified atom stereocenters. The van der Waals surface area contributed by atoms with E-state index in [1.165, 1.54) is 0 Å². The summed E-state index contributed by atoms with van der Waals surface area (Å²) in [5.41, 5.74) is 3.25. The van der Waals surface area contributed by atoms with E-state index in [1.54, 1.807) is 0 Å². The molecular weight excluding hydrogens is 623 g/mol. The lowest BCUT2D eigenvalue weighted by Gasteiger charge is -2.39. The first kappa shape index (κ1) is 39.7. The molecule has 9 nitrogen and oxygen atoms in total. The molecule has 2 aliphatic heterocycles. The molecule has 1 aromatic carbocycles. The second-order valence-electron chi connectivity index (χ2n) is 11.9. The fraction of sp³-hybridized carbons (Fsp3) is 0.594. The van der Waals surface area contributed by atoms with E-state index in [2.05, 4.69) is 51.4 Å². The van der Waals surface area contributed by atoms with E-state index in [0.717, 1.165) is 74.6 Å². The van der Waals surface area contributed by atoms with Gasteiger partial charge in [-0.1, -0.05) is 6.07 Å². The molecule has 2 amide bonds. The van der Waals surface area contributed by atoms with Gasteiger partial charge >= 0.3 is 0 Å². The van der Waals surface area contributed by atoms with Crippen LogP contribution < -0.4 is 15.0 Å². The topological polar surface area (TPSA) is 81.2 Å². The van der Waals surface area contributed by atoms with Crippen LogP contribution in [0.3, 0.4) is 0 Å². The van der Waals surface area contributed by atoms with Gasteiger partial charge in [0.1, 0.15) is 5.75 Å². The molecule has 0 saturated carbocycles. The normalized spacial score (nSPS) is 18.5. The van der Waals surface area contributed by atoms with Gasteiger partial charge in [0.05, 0.1) is 13.2 Å². The number of carbonyl (C=O) groups is 2. The van der Waals surface area contributed by atoms with Crippen molar-refractivity contribution in [3.63, 3.8) is 0 Å². The maximum atomic E-state index is 13.2. The van der Waals surface area contributed by atoms with Crippen molar-refractivity contribution in [1.29, 1.82) is 0 Å². The average molecular weight is 674 g/mol. The van der Waals surface area contributed by atoms with Crippen molar-refractivity contribution in [1.82, 2.24) is 25.0 Å². The van der Waals surface area contributed by atoms with E-state index >= 15 is 0 Å². The number of amides is 2. The number of carbonyl (C=O) groups excluding carboxylic acids is 2. The van der Waals surface area contributed by atoms with Gasteiger partial charge in [0.25, 0.3) is 0 Å². The molecule has 248 valence electrons.